The zero-order valence-electron chi connectivity index (χ0n) is 14.6. The van der Waals surface area contributed by atoms with Gasteiger partial charge in [-0.25, -0.2) is 4.98 Å². The van der Waals surface area contributed by atoms with Crippen molar-refractivity contribution in [1.82, 2.24) is 14.8 Å². The van der Waals surface area contributed by atoms with Crippen molar-refractivity contribution in [3.05, 3.63) is 23.8 Å². The van der Waals surface area contributed by atoms with Crippen LogP contribution in [0, 0.1) is 0 Å². The molecular weight excluding hydrogens is 336 g/mol. The van der Waals surface area contributed by atoms with Crippen LogP contribution in [0.15, 0.2) is 18.2 Å². The van der Waals surface area contributed by atoms with E-state index in [1.807, 2.05) is 23.1 Å². The molecule has 6 nitrogen and oxygen atoms in total. The first-order valence-corrected chi connectivity index (χ1v) is 9.81. The Morgan fingerprint density at radius 3 is 2.64 bits per heavy atom. The molecule has 0 spiro atoms. The fourth-order valence-electron chi connectivity index (χ4n) is 3.39. The van der Waals surface area contributed by atoms with Gasteiger partial charge in [-0.2, -0.15) is 0 Å². The number of benzene rings is 1. The number of hydrogen-bond acceptors (Lipinski definition) is 6. The quantitative estimate of drug-likeness (QED) is 0.837. The number of piperazine rings is 1. The minimum absolute atomic E-state index is 0.138. The Hall–Kier alpha value is -1.70. The molecule has 2 aliphatic heterocycles. The molecule has 3 heterocycles. The van der Waals surface area contributed by atoms with Crippen LogP contribution in [0.4, 0.5) is 5.13 Å². The topological polar surface area (TPSA) is 48.9 Å². The lowest BCUT2D eigenvalue weighted by molar-refractivity contribution is 0.0643. The third-order valence-corrected chi connectivity index (χ3v) is 6.09. The van der Waals surface area contributed by atoms with Gasteiger partial charge in [-0.05, 0) is 24.7 Å². The molecule has 4 rings (SSSR count). The smallest absolute Gasteiger partial charge is 0.253 e. The van der Waals surface area contributed by atoms with Crippen LogP contribution >= 0.6 is 11.3 Å². The molecule has 0 atom stereocenters. The minimum atomic E-state index is 0.138. The molecule has 2 fully saturated rings. The summed E-state index contributed by atoms with van der Waals surface area (Å²) in [5.74, 6) is 0.138. The van der Waals surface area contributed by atoms with Crippen molar-refractivity contribution in [2.45, 2.75) is 6.92 Å². The maximum absolute atomic E-state index is 12.8. The number of ether oxygens (including phenoxy) is 1. The number of aromatic nitrogens is 1. The number of fused-ring (bicyclic) bond motifs is 1. The predicted molar refractivity (Wildman–Crippen MR) is 101 cm³/mol. The molecule has 0 bridgehead atoms. The fraction of sp³-hybridized carbons (Fsp3) is 0.556. The van der Waals surface area contributed by atoms with Crippen LogP contribution in [0.25, 0.3) is 10.2 Å². The molecule has 7 heteroatoms. The van der Waals surface area contributed by atoms with Gasteiger partial charge < -0.3 is 19.4 Å². The second kappa shape index (κ2) is 7.27. The predicted octanol–water partition coefficient (Wildman–Crippen LogP) is 1.91. The molecule has 25 heavy (non-hydrogen) atoms. The Balaban J connectivity index is 1.51. The van der Waals surface area contributed by atoms with Crippen LogP contribution in [0.3, 0.4) is 0 Å². The lowest BCUT2D eigenvalue weighted by atomic mass is 10.1. The number of likely N-dealkylation sites (N-methyl/N-ethyl adjacent to an activating group) is 1. The summed E-state index contributed by atoms with van der Waals surface area (Å²) in [6.07, 6.45) is 0. The van der Waals surface area contributed by atoms with Gasteiger partial charge in [-0.15, -0.1) is 0 Å². The fourth-order valence-corrected chi connectivity index (χ4v) is 4.44. The molecule has 2 aromatic rings. The summed E-state index contributed by atoms with van der Waals surface area (Å²) in [6.45, 7) is 10.0. The number of morpholine rings is 1. The summed E-state index contributed by atoms with van der Waals surface area (Å²) in [6, 6.07) is 5.90. The molecule has 1 aromatic heterocycles. The van der Waals surface area contributed by atoms with Gasteiger partial charge in [-0.3, -0.25) is 4.79 Å². The third kappa shape index (κ3) is 3.49. The molecule has 1 amide bonds. The summed E-state index contributed by atoms with van der Waals surface area (Å²) in [4.78, 5) is 24.2. The Bertz CT molecular complexity index is 749. The lowest BCUT2D eigenvalue weighted by Crippen LogP contribution is -2.48. The number of carbonyl (C=O) groups is 1. The monoisotopic (exact) mass is 360 g/mol. The first kappa shape index (κ1) is 16.8. The van der Waals surface area contributed by atoms with E-state index in [1.165, 1.54) is 0 Å². The molecule has 2 saturated heterocycles. The normalized spacial score (nSPS) is 19.6. The van der Waals surface area contributed by atoms with Crippen LogP contribution < -0.4 is 4.90 Å². The molecule has 0 aliphatic carbocycles. The third-order valence-electron chi connectivity index (χ3n) is 5.01. The van der Waals surface area contributed by atoms with Crippen molar-refractivity contribution in [3.63, 3.8) is 0 Å². The Kier molecular flexibility index (Phi) is 4.87. The number of carbonyl (C=O) groups excluding carboxylic acids is 1. The number of hydrogen-bond donors (Lipinski definition) is 0. The Morgan fingerprint density at radius 2 is 1.92 bits per heavy atom. The van der Waals surface area contributed by atoms with Gasteiger partial charge in [0.2, 0.25) is 0 Å². The first-order chi connectivity index (χ1) is 12.2. The number of amides is 1. The van der Waals surface area contributed by atoms with Crippen LogP contribution in [0.2, 0.25) is 0 Å². The van der Waals surface area contributed by atoms with Crippen molar-refractivity contribution in [2.24, 2.45) is 0 Å². The highest BCUT2D eigenvalue weighted by atomic mass is 32.1. The Morgan fingerprint density at radius 1 is 1.16 bits per heavy atom. The van der Waals surface area contributed by atoms with Crippen molar-refractivity contribution >= 4 is 32.6 Å². The van der Waals surface area contributed by atoms with Gasteiger partial charge in [0.05, 0.1) is 23.4 Å². The van der Waals surface area contributed by atoms with Crippen molar-refractivity contribution in [2.75, 3.05) is 63.9 Å². The van der Waals surface area contributed by atoms with Crippen LogP contribution in [0.5, 0.6) is 0 Å². The van der Waals surface area contributed by atoms with Crippen molar-refractivity contribution in [3.8, 4) is 0 Å². The number of thiazole rings is 1. The molecule has 0 unspecified atom stereocenters. The highest BCUT2D eigenvalue weighted by Gasteiger charge is 2.22. The SMILES string of the molecule is CCN1CCN(C(=O)c2ccc3nc(N4CCOCC4)sc3c2)CC1. The minimum Gasteiger partial charge on any atom is -0.378 e. The zero-order valence-corrected chi connectivity index (χ0v) is 15.4. The molecule has 0 radical (unpaired) electrons. The van der Waals surface area contributed by atoms with Crippen molar-refractivity contribution in [1.29, 1.82) is 0 Å². The summed E-state index contributed by atoms with van der Waals surface area (Å²) < 4.78 is 6.49. The van der Waals surface area contributed by atoms with E-state index in [2.05, 4.69) is 16.7 Å². The molecule has 0 N–H and O–H groups in total. The van der Waals surface area contributed by atoms with Crippen LogP contribution in [0.1, 0.15) is 17.3 Å². The number of nitrogens with zero attached hydrogens (tertiary/aromatic N) is 4. The highest BCUT2D eigenvalue weighted by Crippen LogP contribution is 2.30. The summed E-state index contributed by atoms with van der Waals surface area (Å²) in [5, 5.41) is 1.03. The Labute approximate surface area is 152 Å². The van der Waals surface area contributed by atoms with Gasteiger partial charge in [0.15, 0.2) is 5.13 Å². The average molecular weight is 360 g/mol. The van der Waals surface area contributed by atoms with E-state index in [0.29, 0.717) is 0 Å². The van der Waals surface area contributed by atoms with E-state index in [0.717, 1.165) is 79.9 Å². The van der Waals surface area contributed by atoms with E-state index < -0.39 is 0 Å². The van der Waals surface area contributed by atoms with E-state index in [4.69, 9.17) is 9.72 Å². The van der Waals surface area contributed by atoms with Gasteiger partial charge in [-0.1, -0.05) is 18.3 Å². The summed E-state index contributed by atoms with van der Waals surface area (Å²) >= 11 is 1.67. The van der Waals surface area contributed by atoms with Crippen LogP contribution in [-0.2, 0) is 4.74 Å². The second-order valence-electron chi connectivity index (χ2n) is 6.50. The second-order valence-corrected chi connectivity index (χ2v) is 7.51. The largest absolute Gasteiger partial charge is 0.378 e. The standard InChI is InChI=1S/C18H24N4O2S/c1-2-20-5-7-21(8-6-20)17(23)14-3-4-15-16(13-14)25-18(19-15)22-9-11-24-12-10-22/h3-4,13H,2,5-12H2,1H3. The zero-order chi connectivity index (χ0) is 17.2. The van der Waals surface area contributed by atoms with Gasteiger partial charge in [0.25, 0.3) is 5.91 Å². The molecule has 134 valence electrons. The summed E-state index contributed by atoms with van der Waals surface area (Å²) in [7, 11) is 0. The van der Waals surface area contributed by atoms with Gasteiger partial charge in [0.1, 0.15) is 0 Å². The lowest BCUT2D eigenvalue weighted by Gasteiger charge is -2.34. The number of anilines is 1. The maximum Gasteiger partial charge on any atom is 0.253 e. The highest BCUT2D eigenvalue weighted by molar-refractivity contribution is 7.22. The number of rotatable bonds is 3. The van der Waals surface area contributed by atoms with E-state index in [9.17, 15) is 4.79 Å². The van der Waals surface area contributed by atoms with Gasteiger partial charge in [0, 0.05) is 44.8 Å². The van der Waals surface area contributed by atoms with Crippen molar-refractivity contribution < 1.29 is 9.53 Å². The average Bonchev–Trinajstić information content (AvgIpc) is 3.11. The van der Waals surface area contributed by atoms with E-state index in [-0.39, 0.29) is 5.91 Å². The molecular formula is C18H24N4O2S. The van der Waals surface area contributed by atoms with Gasteiger partial charge >= 0.3 is 0 Å². The van der Waals surface area contributed by atoms with E-state index in [1.54, 1.807) is 11.3 Å². The van der Waals surface area contributed by atoms with E-state index >= 15 is 0 Å². The molecule has 1 aromatic carbocycles. The molecule has 0 saturated carbocycles. The molecule has 2 aliphatic rings. The van der Waals surface area contributed by atoms with Crippen LogP contribution in [-0.4, -0.2) is 79.7 Å². The summed E-state index contributed by atoms with van der Waals surface area (Å²) in [5.41, 5.74) is 1.74. The maximum atomic E-state index is 12.8. The first-order valence-electron chi connectivity index (χ1n) is 8.99.